The van der Waals surface area contributed by atoms with Crippen molar-refractivity contribution >= 4 is 24.0 Å². The van der Waals surface area contributed by atoms with E-state index in [0.717, 1.165) is 28.1 Å². The summed E-state index contributed by atoms with van der Waals surface area (Å²) < 4.78 is 1.78. The van der Waals surface area contributed by atoms with Gasteiger partial charge in [-0.3, -0.25) is 14.0 Å². The van der Waals surface area contributed by atoms with Gasteiger partial charge < -0.3 is 10.1 Å². The molecule has 3 aromatic rings. The maximum absolute atomic E-state index is 12.0. The van der Waals surface area contributed by atoms with E-state index in [1.54, 1.807) is 16.8 Å². The van der Waals surface area contributed by atoms with E-state index in [1.165, 1.54) is 0 Å². The van der Waals surface area contributed by atoms with Gasteiger partial charge in [0.15, 0.2) is 0 Å². The van der Waals surface area contributed by atoms with Crippen LogP contribution in [0.5, 0.6) is 0 Å². The second-order valence-corrected chi connectivity index (χ2v) is 5.09. The number of carbonyl (C=O) groups is 1. The third kappa shape index (κ3) is 1.92. The van der Waals surface area contributed by atoms with Crippen LogP contribution in [0.1, 0.15) is 16.8 Å². The van der Waals surface area contributed by atoms with E-state index in [9.17, 15) is 9.59 Å². The Morgan fingerprint density at radius 3 is 3.00 bits per heavy atom. The smallest absolute Gasteiger partial charge is 0.307 e. The topological polar surface area (TPSA) is 87.5 Å². The average Bonchev–Trinajstić information content (AvgIpc) is 3.03. The first-order valence-electron chi connectivity index (χ1n) is 6.56. The van der Waals surface area contributed by atoms with Crippen LogP contribution in [0.25, 0.3) is 16.9 Å². The fourth-order valence-electron chi connectivity index (χ4n) is 3.02. The van der Waals surface area contributed by atoms with E-state index in [4.69, 9.17) is 5.11 Å². The third-order valence-electron chi connectivity index (χ3n) is 3.89. The van der Waals surface area contributed by atoms with Crippen molar-refractivity contribution in [2.75, 3.05) is 0 Å². The number of aromatic amines is 1. The molecule has 22 heavy (non-hydrogen) atoms. The monoisotopic (exact) mass is 317 g/mol. The summed E-state index contributed by atoms with van der Waals surface area (Å²) in [4.78, 5) is 30.0. The Kier molecular flexibility index (Phi) is 3.26. The van der Waals surface area contributed by atoms with Crippen molar-refractivity contribution in [2.45, 2.75) is 12.8 Å². The van der Waals surface area contributed by atoms with E-state index >= 15 is 0 Å². The molecule has 0 radical (unpaired) electrons. The molecule has 4 rings (SSSR count). The van der Waals surface area contributed by atoms with E-state index < -0.39 is 5.97 Å². The van der Waals surface area contributed by atoms with Gasteiger partial charge in [0.2, 0.25) is 5.65 Å². The number of aliphatic carboxylic acids is 1. The average molecular weight is 318 g/mol. The fourth-order valence-corrected chi connectivity index (χ4v) is 3.02. The number of nitrogens with zero attached hydrogens (tertiary/aromatic N) is 2. The number of hydrogen-bond acceptors (Lipinski definition) is 3. The largest absolute Gasteiger partial charge is 0.481 e. The Balaban J connectivity index is 0.00000144. The Hall–Kier alpha value is -2.60. The van der Waals surface area contributed by atoms with Crippen molar-refractivity contribution in [3.8, 4) is 11.3 Å². The summed E-state index contributed by atoms with van der Waals surface area (Å²) in [7, 11) is 0. The number of hydrogen-bond donors (Lipinski definition) is 2. The Bertz CT molecular complexity index is 958. The zero-order valence-corrected chi connectivity index (χ0v) is 12.2. The molecule has 2 N–H and O–H groups in total. The number of carboxylic acids is 1. The van der Waals surface area contributed by atoms with E-state index in [0.29, 0.717) is 12.1 Å². The Morgan fingerprint density at radius 1 is 1.41 bits per heavy atom. The van der Waals surface area contributed by atoms with Crippen LogP contribution < -0.4 is 5.56 Å². The molecule has 1 aliphatic carbocycles. The molecule has 0 saturated carbocycles. The zero-order valence-electron chi connectivity index (χ0n) is 11.4. The quantitative estimate of drug-likeness (QED) is 0.588. The Morgan fingerprint density at radius 2 is 2.23 bits per heavy atom. The molecule has 0 saturated heterocycles. The molecule has 0 amide bonds. The summed E-state index contributed by atoms with van der Waals surface area (Å²) in [6, 6.07) is 5.55. The second-order valence-electron chi connectivity index (χ2n) is 5.09. The lowest BCUT2D eigenvalue weighted by atomic mass is 10.0. The summed E-state index contributed by atoms with van der Waals surface area (Å²) in [5, 5.41) is 9.02. The van der Waals surface area contributed by atoms with Crippen molar-refractivity contribution in [1.29, 1.82) is 0 Å². The molecule has 0 atom stereocenters. The summed E-state index contributed by atoms with van der Waals surface area (Å²) in [5.41, 5.74) is 4.47. The SMILES string of the molecule is Cl.O=C(O)Cc1cccc2c1Cc1c-2[nH]c(=O)c2nccn12. The highest BCUT2D eigenvalue weighted by Gasteiger charge is 2.25. The third-order valence-corrected chi connectivity index (χ3v) is 3.89. The van der Waals surface area contributed by atoms with Crippen LogP contribution in [0.15, 0.2) is 35.4 Å². The predicted octanol–water partition coefficient (Wildman–Crippen LogP) is 1.64. The number of halogens is 1. The van der Waals surface area contributed by atoms with Gasteiger partial charge in [-0.1, -0.05) is 18.2 Å². The highest BCUT2D eigenvalue weighted by Crippen LogP contribution is 2.36. The van der Waals surface area contributed by atoms with Gasteiger partial charge >= 0.3 is 5.97 Å². The standard InChI is InChI=1S/C15H11N3O3.ClH/c19-12(20)6-8-2-1-3-9-10(8)7-11-13(9)17-15(21)14-16-4-5-18(11)14;/h1-5H,6-7H2,(H,17,21)(H,19,20);1H. The molecule has 0 bridgehead atoms. The minimum absolute atomic E-state index is 0. The molecule has 7 heteroatoms. The minimum Gasteiger partial charge on any atom is -0.481 e. The molecule has 2 aromatic heterocycles. The molecule has 0 aliphatic heterocycles. The number of benzene rings is 1. The van der Waals surface area contributed by atoms with Crippen LogP contribution in [0.3, 0.4) is 0 Å². The molecule has 1 aromatic carbocycles. The maximum Gasteiger partial charge on any atom is 0.307 e. The first kappa shape index (κ1) is 14.3. The first-order chi connectivity index (χ1) is 10.1. The number of imidazole rings is 1. The van der Waals surface area contributed by atoms with E-state index in [2.05, 4.69) is 9.97 Å². The molecule has 6 nitrogen and oxygen atoms in total. The van der Waals surface area contributed by atoms with Gasteiger partial charge in [0.25, 0.3) is 5.56 Å². The second kappa shape index (κ2) is 4.99. The number of H-pyrrole nitrogens is 1. The van der Waals surface area contributed by atoms with Gasteiger partial charge in [0.1, 0.15) is 0 Å². The lowest BCUT2D eigenvalue weighted by molar-refractivity contribution is -0.136. The lowest BCUT2D eigenvalue weighted by Crippen LogP contribution is -2.13. The minimum atomic E-state index is -0.861. The van der Waals surface area contributed by atoms with Crippen molar-refractivity contribution < 1.29 is 9.90 Å². The van der Waals surface area contributed by atoms with Gasteiger partial charge in [-0.15, -0.1) is 12.4 Å². The van der Waals surface area contributed by atoms with Crippen molar-refractivity contribution in [1.82, 2.24) is 14.4 Å². The maximum atomic E-state index is 12.0. The Labute approximate surface area is 130 Å². The molecular formula is C15H12ClN3O3. The summed E-state index contributed by atoms with van der Waals surface area (Å²) >= 11 is 0. The molecule has 1 aliphatic rings. The number of nitrogens with one attached hydrogen (secondary N) is 1. The van der Waals surface area contributed by atoms with Crippen molar-refractivity contribution in [3.63, 3.8) is 0 Å². The summed E-state index contributed by atoms with van der Waals surface area (Å²) in [6.07, 6.45) is 3.92. The zero-order chi connectivity index (χ0) is 14.6. The van der Waals surface area contributed by atoms with Crippen LogP contribution in [-0.4, -0.2) is 25.4 Å². The molecule has 112 valence electrons. The van der Waals surface area contributed by atoms with Crippen LogP contribution in [-0.2, 0) is 17.6 Å². The fraction of sp³-hybridized carbons (Fsp3) is 0.133. The van der Waals surface area contributed by atoms with Crippen LogP contribution in [0.2, 0.25) is 0 Å². The highest BCUT2D eigenvalue weighted by atomic mass is 35.5. The van der Waals surface area contributed by atoms with Gasteiger partial charge in [-0.2, -0.15) is 0 Å². The van der Waals surface area contributed by atoms with E-state index in [-0.39, 0.29) is 24.4 Å². The van der Waals surface area contributed by atoms with Crippen molar-refractivity contribution in [2.24, 2.45) is 0 Å². The molecule has 0 unspecified atom stereocenters. The first-order valence-corrected chi connectivity index (χ1v) is 6.56. The normalized spacial score (nSPS) is 11.8. The molecule has 0 fully saturated rings. The molecule has 0 spiro atoms. The van der Waals surface area contributed by atoms with E-state index in [1.807, 2.05) is 18.2 Å². The van der Waals surface area contributed by atoms with Crippen LogP contribution in [0, 0.1) is 0 Å². The van der Waals surface area contributed by atoms with Gasteiger partial charge in [0.05, 0.1) is 17.8 Å². The van der Waals surface area contributed by atoms with Crippen LogP contribution >= 0.6 is 12.4 Å². The van der Waals surface area contributed by atoms with Crippen molar-refractivity contribution in [3.05, 3.63) is 57.8 Å². The predicted molar refractivity (Wildman–Crippen MR) is 82.6 cm³/mol. The number of aromatic nitrogens is 3. The van der Waals surface area contributed by atoms with Gasteiger partial charge in [-0.05, 0) is 11.1 Å². The molecular weight excluding hydrogens is 306 g/mol. The summed E-state index contributed by atoms with van der Waals surface area (Å²) in [6.45, 7) is 0. The number of carboxylic acid groups (broad SMARTS) is 1. The number of fused-ring (bicyclic) bond motifs is 5. The molecule has 2 heterocycles. The van der Waals surface area contributed by atoms with Gasteiger partial charge in [-0.25, -0.2) is 4.98 Å². The van der Waals surface area contributed by atoms with Crippen LogP contribution in [0.4, 0.5) is 0 Å². The summed E-state index contributed by atoms with van der Waals surface area (Å²) in [5.74, 6) is -0.861. The highest BCUT2D eigenvalue weighted by molar-refractivity contribution is 5.85. The number of rotatable bonds is 2. The lowest BCUT2D eigenvalue weighted by Gasteiger charge is -2.05. The van der Waals surface area contributed by atoms with Gasteiger partial charge in [0, 0.05) is 24.4 Å².